The average Bonchev–Trinajstić information content (AvgIpc) is 2.91. The summed E-state index contributed by atoms with van der Waals surface area (Å²) in [6.45, 7) is 13.2. The van der Waals surface area contributed by atoms with Gasteiger partial charge in [-0.15, -0.1) is 0 Å². The van der Waals surface area contributed by atoms with Gasteiger partial charge in [-0.05, 0) is 43.0 Å². The molecule has 126 valence electrons. The number of aromatic nitrogens is 2. The van der Waals surface area contributed by atoms with Crippen molar-refractivity contribution in [1.29, 1.82) is 0 Å². The molecule has 2 rings (SSSR count). The summed E-state index contributed by atoms with van der Waals surface area (Å²) >= 11 is 0. The van der Waals surface area contributed by atoms with Gasteiger partial charge in [-0.3, -0.25) is 5.10 Å². The maximum Gasteiger partial charge on any atom is 0.132 e. The van der Waals surface area contributed by atoms with E-state index in [0.717, 1.165) is 36.6 Å². The summed E-state index contributed by atoms with van der Waals surface area (Å²) in [6, 6.07) is 8.43. The molecule has 0 aliphatic heterocycles. The van der Waals surface area contributed by atoms with Crippen molar-refractivity contribution >= 4 is 0 Å². The Balaban J connectivity index is 2.01. The third-order valence-corrected chi connectivity index (χ3v) is 4.61. The van der Waals surface area contributed by atoms with E-state index in [1.54, 1.807) is 0 Å². The quantitative estimate of drug-likeness (QED) is 0.771. The summed E-state index contributed by atoms with van der Waals surface area (Å²) in [5.74, 6) is 0.885. The van der Waals surface area contributed by atoms with Crippen molar-refractivity contribution < 1.29 is 4.74 Å². The first-order valence-corrected chi connectivity index (χ1v) is 8.44. The van der Waals surface area contributed by atoms with E-state index >= 15 is 0 Å². The van der Waals surface area contributed by atoms with Crippen LogP contribution in [0.25, 0.3) is 0 Å². The first-order chi connectivity index (χ1) is 11.0. The van der Waals surface area contributed by atoms with E-state index in [0.29, 0.717) is 6.61 Å². The van der Waals surface area contributed by atoms with Crippen LogP contribution >= 0.6 is 0 Å². The molecular formula is C19H29N3O. The van der Waals surface area contributed by atoms with Crippen LogP contribution in [0.4, 0.5) is 0 Å². The highest BCUT2D eigenvalue weighted by atomic mass is 16.5. The molecule has 0 saturated carbocycles. The van der Waals surface area contributed by atoms with E-state index < -0.39 is 0 Å². The molecule has 0 atom stereocenters. The van der Waals surface area contributed by atoms with E-state index in [1.165, 1.54) is 11.1 Å². The molecule has 0 aliphatic rings. The fraction of sp³-hybridized carbons (Fsp3) is 0.526. The molecule has 23 heavy (non-hydrogen) atoms. The fourth-order valence-corrected chi connectivity index (χ4v) is 2.46. The highest BCUT2D eigenvalue weighted by Gasteiger charge is 2.17. The van der Waals surface area contributed by atoms with Crippen molar-refractivity contribution in [3.8, 4) is 5.75 Å². The molecule has 0 unspecified atom stereocenters. The molecule has 2 N–H and O–H groups in total. The molecule has 1 aromatic carbocycles. The van der Waals surface area contributed by atoms with Gasteiger partial charge in [-0.2, -0.15) is 5.10 Å². The number of rotatable bonds is 8. The van der Waals surface area contributed by atoms with Crippen molar-refractivity contribution in [3.63, 3.8) is 0 Å². The first kappa shape index (κ1) is 17.5. The molecular weight excluding hydrogens is 286 g/mol. The highest BCUT2D eigenvalue weighted by Crippen LogP contribution is 2.28. The number of nitrogens with one attached hydrogen (secondary N) is 2. The summed E-state index contributed by atoms with van der Waals surface area (Å²) in [6.07, 6.45) is 1.12. The summed E-state index contributed by atoms with van der Waals surface area (Å²) in [7, 11) is 0. The van der Waals surface area contributed by atoms with Crippen LogP contribution in [0.3, 0.4) is 0 Å². The van der Waals surface area contributed by atoms with Crippen LogP contribution in [0.5, 0.6) is 5.75 Å². The summed E-state index contributed by atoms with van der Waals surface area (Å²) in [5.41, 5.74) is 4.83. The van der Waals surface area contributed by atoms with Gasteiger partial charge in [0.15, 0.2) is 0 Å². The predicted octanol–water partition coefficient (Wildman–Crippen LogP) is 4.09. The number of hydrogen-bond donors (Lipinski definition) is 2. The third kappa shape index (κ3) is 4.35. The zero-order valence-electron chi connectivity index (χ0n) is 15.0. The topological polar surface area (TPSA) is 49.9 Å². The molecule has 0 radical (unpaired) electrons. The number of hydrogen-bond acceptors (Lipinski definition) is 3. The zero-order valence-corrected chi connectivity index (χ0v) is 15.0. The van der Waals surface area contributed by atoms with Gasteiger partial charge in [0.2, 0.25) is 0 Å². The Kier molecular flexibility index (Phi) is 5.83. The number of H-pyrrole nitrogens is 1. The minimum Gasteiger partial charge on any atom is -0.487 e. The van der Waals surface area contributed by atoms with Crippen molar-refractivity contribution in [2.24, 2.45) is 0 Å². The van der Waals surface area contributed by atoms with Crippen LogP contribution < -0.4 is 10.1 Å². The van der Waals surface area contributed by atoms with Crippen LogP contribution in [0, 0.1) is 6.92 Å². The second kappa shape index (κ2) is 7.64. The van der Waals surface area contributed by atoms with Gasteiger partial charge < -0.3 is 10.1 Å². The van der Waals surface area contributed by atoms with Gasteiger partial charge in [0, 0.05) is 17.8 Å². The second-order valence-electron chi connectivity index (χ2n) is 6.60. The molecule has 0 saturated heterocycles. The smallest absolute Gasteiger partial charge is 0.132 e. The molecule has 1 heterocycles. The maximum absolute atomic E-state index is 5.92. The lowest BCUT2D eigenvalue weighted by molar-refractivity contribution is 0.299. The van der Waals surface area contributed by atoms with Crippen LogP contribution in [-0.4, -0.2) is 16.7 Å². The van der Waals surface area contributed by atoms with E-state index in [4.69, 9.17) is 4.74 Å². The van der Waals surface area contributed by atoms with Crippen LogP contribution in [0.15, 0.2) is 24.3 Å². The van der Waals surface area contributed by atoms with Gasteiger partial charge in [-0.1, -0.05) is 39.8 Å². The molecule has 0 spiro atoms. The highest BCUT2D eigenvalue weighted by molar-refractivity contribution is 5.32. The molecule has 4 heteroatoms. The molecule has 2 aromatic rings. The Labute approximate surface area is 139 Å². The Hall–Kier alpha value is -1.81. The largest absolute Gasteiger partial charge is 0.487 e. The summed E-state index contributed by atoms with van der Waals surface area (Å²) < 4.78 is 5.92. The first-order valence-electron chi connectivity index (χ1n) is 8.44. The zero-order chi connectivity index (χ0) is 16.9. The number of nitrogens with zero attached hydrogens (tertiary/aromatic N) is 1. The lowest BCUT2D eigenvalue weighted by Gasteiger charge is -2.23. The lowest BCUT2D eigenvalue weighted by atomic mass is 9.82. The average molecular weight is 315 g/mol. The Morgan fingerprint density at radius 1 is 1.17 bits per heavy atom. The maximum atomic E-state index is 5.92. The van der Waals surface area contributed by atoms with Crippen molar-refractivity contribution in [2.75, 3.05) is 6.54 Å². The van der Waals surface area contributed by atoms with E-state index in [9.17, 15) is 0 Å². The molecule has 0 aliphatic carbocycles. The lowest BCUT2D eigenvalue weighted by Crippen LogP contribution is -2.15. The van der Waals surface area contributed by atoms with Gasteiger partial charge in [0.05, 0.1) is 0 Å². The summed E-state index contributed by atoms with van der Waals surface area (Å²) in [5, 5.41) is 10.8. The number of aryl methyl sites for hydroxylation is 1. The SMILES string of the molecule is CCNCc1c(COc2ccc(C(C)(C)CC)cc2)n[nH]c1C. The molecule has 0 fully saturated rings. The molecule has 4 nitrogen and oxygen atoms in total. The third-order valence-electron chi connectivity index (χ3n) is 4.61. The van der Waals surface area contributed by atoms with Crippen LogP contribution in [0.2, 0.25) is 0 Å². The van der Waals surface area contributed by atoms with E-state index in [-0.39, 0.29) is 5.41 Å². The minimum atomic E-state index is 0.205. The van der Waals surface area contributed by atoms with E-state index in [2.05, 4.69) is 67.5 Å². The van der Waals surface area contributed by atoms with Gasteiger partial charge in [-0.25, -0.2) is 0 Å². The molecule has 0 bridgehead atoms. The van der Waals surface area contributed by atoms with Crippen molar-refractivity contribution in [2.45, 2.75) is 59.6 Å². The van der Waals surface area contributed by atoms with Gasteiger partial charge in [0.1, 0.15) is 18.1 Å². The minimum absolute atomic E-state index is 0.205. The predicted molar refractivity (Wildman–Crippen MR) is 94.8 cm³/mol. The summed E-state index contributed by atoms with van der Waals surface area (Å²) in [4.78, 5) is 0. The second-order valence-corrected chi connectivity index (χ2v) is 6.60. The van der Waals surface area contributed by atoms with E-state index in [1.807, 2.05) is 6.92 Å². The standard InChI is InChI=1S/C19H29N3O/c1-6-19(4,5)15-8-10-16(11-9-15)23-13-18-17(12-20-7-2)14(3)21-22-18/h8-11,20H,6-7,12-13H2,1-5H3,(H,21,22). The molecule has 0 amide bonds. The number of ether oxygens (including phenoxy) is 1. The fourth-order valence-electron chi connectivity index (χ4n) is 2.46. The van der Waals surface area contributed by atoms with Crippen LogP contribution in [0.1, 0.15) is 56.6 Å². The van der Waals surface area contributed by atoms with Crippen molar-refractivity contribution in [1.82, 2.24) is 15.5 Å². The van der Waals surface area contributed by atoms with Crippen LogP contribution in [-0.2, 0) is 18.6 Å². The van der Waals surface area contributed by atoms with Crippen molar-refractivity contribution in [3.05, 3.63) is 46.8 Å². The number of benzene rings is 1. The number of aromatic amines is 1. The normalized spacial score (nSPS) is 11.7. The Bertz CT molecular complexity index is 614. The van der Waals surface area contributed by atoms with Gasteiger partial charge >= 0.3 is 0 Å². The molecule has 1 aromatic heterocycles. The Morgan fingerprint density at radius 3 is 2.48 bits per heavy atom. The Morgan fingerprint density at radius 2 is 1.87 bits per heavy atom. The van der Waals surface area contributed by atoms with Gasteiger partial charge in [0.25, 0.3) is 0 Å². The monoisotopic (exact) mass is 315 g/mol.